The van der Waals surface area contributed by atoms with Crippen molar-refractivity contribution in [3.05, 3.63) is 40.1 Å². The Morgan fingerprint density at radius 2 is 2.12 bits per heavy atom. The van der Waals surface area contributed by atoms with E-state index in [9.17, 15) is 4.79 Å². The summed E-state index contributed by atoms with van der Waals surface area (Å²) < 4.78 is 5.69. The highest BCUT2D eigenvalue weighted by molar-refractivity contribution is 7.80. The van der Waals surface area contributed by atoms with Gasteiger partial charge in [0.05, 0.1) is 17.2 Å². The molecule has 128 valence electrons. The highest BCUT2D eigenvalue weighted by Gasteiger charge is 2.35. The second-order valence-corrected chi connectivity index (χ2v) is 7.23. The molecular weight excluding hydrogens is 344 g/mol. The van der Waals surface area contributed by atoms with E-state index in [1.54, 1.807) is 0 Å². The van der Waals surface area contributed by atoms with Crippen molar-refractivity contribution in [3.63, 3.8) is 0 Å². The van der Waals surface area contributed by atoms with Gasteiger partial charge < -0.3 is 15.0 Å². The quantitative estimate of drug-likeness (QED) is 0.821. The Labute approximate surface area is 152 Å². The van der Waals surface area contributed by atoms with Gasteiger partial charge >= 0.3 is 0 Å². The zero-order valence-electron chi connectivity index (χ0n) is 14.1. The van der Waals surface area contributed by atoms with Gasteiger partial charge in [0, 0.05) is 24.7 Å². The molecule has 0 saturated heterocycles. The maximum absolute atomic E-state index is 12.5. The number of ketones is 1. The molecule has 2 aliphatic rings. The number of nitrogens with zero attached hydrogens (tertiary/aromatic N) is 1. The van der Waals surface area contributed by atoms with E-state index in [2.05, 4.69) is 5.32 Å². The molecule has 0 bridgehead atoms. The molecule has 6 heteroatoms. The normalized spacial score (nSPS) is 21.0. The van der Waals surface area contributed by atoms with Crippen molar-refractivity contribution in [1.82, 2.24) is 10.2 Å². The molecular formula is C18H21ClN2O2S. The van der Waals surface area contributed by atoms with Crippen molar-refractivity contribution >= 4 is 34.7 Å². The molecule has 1 atom stereocenters. The van der Waals surface area contributed by atoms with E-state index >= 15 is 0 Å². The van der Waals surface area contributed by atoms with Gasteiger partial charge in [0.25, 0.3) is 0 Å². The summed E-state index contributed by atoms with van der Waals surface area (Å²) in [4.78, 5) is 14.4. The van der Waals surface area contributed by atoms with Gasteiger partial charge in [-0.25, -0.2) is 0 Å². The first-order valence-electron chi connectivity index (χ1n) is 8.15. The fourth-order valence-electron chi connectivity index (χ4n) is 3.23. The lowest BCUT2D eigenvalue weighted by Gasteiger charge is -2.39. The largest absolute Gasteiger partial charge is 0.489 e. The number of carbonyl (C=O) groups is 1. The van der Waals surface area contributed by atoms with Gasteiger partial charge in [-0.1, -0.05) is 17.7 Å². The number of rotatable bonds is 3. The van der Waals surface area contributed by atoms with Gasteiger partial charge in [0.1, 0.15) is 5.75 Å². The first-order chi connectivity index (χ1) is 11.4. The van der Waals surface area contributed by atoms with Crippen molar-refractivity contribution in [2.24, 2.45) is 0 Å². The number of hydrogen-bond acceptors (Lipinski definition) is 3. The summed E-state index contributed by atoms with van der Waals surface area (Å²) in [5.41, 5.74) is 2.76. The number of halogens is 1. The van der Waals surface area contributed by atoms with E-state index in [1.165, 1.54) is 0 Å². The number of Topliss-reactive ketones (excluding diaryl/α,β-unsaturated/α-hetero) is 1. The van der Waals surface area contributed by atoms with Crippen LogP contribution in [0.3, 0.4) is 0 Å². The van der Waals surface area contributed by atoms with Crippen molar-refractivity contribution in [2.75, 3.05) is 7.05 Å². The molecule has 0 radical (unpaired) electrons. The summed E-state index contributed by atoms with van der Waals surface area (Å²) in [5, 5.41) is 4.45. The summed E-state index contributed by atoms with van der Waals surface area (Å²) in [6, 6.07) is 5.41. The van der Waals surface area contributed by atoms with E-state index in [0.717, 1.165) is 29.7 Å². The number of nitrogens with one attached hydrogen (secondary N) is 1. The minimum Gasteiger partial charge on any atom is -0.489 e. The lowest BCUT2D eigenvalue weighted by atomic mass is 9.85. The maximum atomic E-state index is 12.5. The predicted molar refractivity (Wildman–Crippen MR) is 99.3 cm³/mol. The van der Waals surface area contributed by atoms with Crippen molar-refractivity contribution < 1.29 is 9.53 Å². The van der Waals surface area contributed by atoms with Crippen molar-refractivity contribution in [2.45, 2.75) is 45.3 Å². The molecule has 1 aliphatic carbocycles. The Balaban J connectivity index is 2.01. The standard InChI is InChI=1S/C18H21ClN2O2S/c1-10(2)23-15-8-7-11(9-12(15)19)17-16-13(5-4-6-14(16)22)21(3)18(24)20-17/h7-10,17H,4-6H2,1-3H3,(H,20,24). The van der Waals surface area contributed by atoms with Crippen LogP contribution in [-0.4, -0.2) is 28.9 Å². The molecule has 0 saturated carbocycles. The first kappa shape index (κ1) is 17.2. The molecule has 24 heavy (non-hydrogen) atoms. The summed E-state index contributed by atoms with van der Waals surface area (Å²) in [7, 11) is 1.91. The molecule has 1 N–H and O–H groups in total. The number of benzene rings is 1. The molecule has 0 fully saturated rings. The molecule has 1 aromatic carbocycles. The fourth-order valence-corrected chi connectivity index (χ4v) is 3.70. The van der Waals surface area contributed by atoms with Gasteiger partial charge in [-0.2, -0.15) is 0 Å². The molecule has 1 heterocycles. The van der Waals surface area contributed by atoms with Crippen LogP contribution in [0.2, 0.25) is 5.02 Å². The van der Waals surface area contributed by atoms with Gasteiger partial charge in [-0.05, 0) is 56.6 Å². The summed E-state index contributed by atoms with van der Waals surface area (Å²) in [6.45, 7) is 3.91. The van der Waals surface area contributed by atoms with E-state index in [1.807, 2.05) is 44.0 Å². The minimum atomic E-state index is -0.248. The van der Waals surface area contributed by atoms with Crippen LogP contribution >= 0.6 is 23.8 Å². The fraction of sp³-hybridized carbons (Fsp3) is 0.444. The lowest BCUT2D eigenvalue weighted by molar-refractivity contribution is -0.116. The van der Waals surface area contributed by atoms with Gasteiger partial charge in [-0.15, -0.1) is 0 Å². The van der Waals surface area contributed by atoms with Gasteiger partial charge in [0.2, 0.25) is 0 Å². The third kappa shape index (κ3) is 3.15. The Kier molecular flexibility index (Phi) is 4.83. The van der Waals surface area contributed by atoms with Crippen LogP contribution in [0.15, 0.2) is 29.5 Å². The summed E-state index contributed by atoms with van der Waals surface area (Å²) in [5.74, 6) is 0.830. The number of hydrogen-bond donors (Lipinski definition) is 1. The third-order valence-corrected chi connectivity index (χ3v) is 5.03. The lowest BCUT2D eigenvalue weighted by Crippen LogP contribution is -2.47. The Morgan fingerprint density at radius 1 is 1.38 bits per heavy atom. The van der Waals surface area contributed by atoms with E-state index in [0.29, 0.717) is 22.3 Å². The summed E-state index contributed by atoms with van der Waals surface area (Å²) in [6.07, 6.45) is 2.38. The molecule has 0 aromatic heterocycles. The predicted octanol–water partition coefficient (Wildman–Crippen LogP) is 4.00. The number of allylic oxidation sites excluding steroid dienone is 1. The molecule has 1 aromatic rings. The van der Waals surface area contributed by atoms with Crippen LogP contribution in [0.5, 0.6) is 5.75 Å². The van der Waals surface area contributed by atoms with Gasteiger partial charge in [-0.3, -0.25) is 4.79 Å². The van der Waals surface area contributed by atoms with Gasteiger partial charge in [0.15, 0.2) is 10.9 Å². The highest BCUT2D eigenvalue weighted by atomic mass is 35.5. The monoisotopic (exact) mass is 364 g/mol. The summed E-state index contributed by atoms with van der Waals surface area (Å²) >= 11 is 11.8. The molecule has 0 amide bonds. The minimum absolute atomic E-state index is 0.0524. The van der Waals surface area contributed by atoms with Crippen LogP contribution in [0.1, 0.15) is 44.7 Å². The second kappa shape index (κ2) is 6.73. The van der Waals surface area contributed by atoms with E-state index in [4.69, 9.17) is 28.6 Å². The second-order valence-electron chi connectivity index (χ2n) is 6.44. The van der Waals surface area contributed by atoms with Crippen molar-refractivity contribution in [1.29, 1.82) is 0 Å². The Hall–Kier alpha value is -1.59. The Bertz CT molecular complexity index is 730. The smallest absolute Gasteiger partial charge is 0.173 e. The van der Waals surface area contributed by atoms with Crippen LogP contribution < -0.4 is 10.1 Å². The van der Waals surface area contributed by atoms with Crippen LogP contribution in [0.4, 0.5) is 0 Å². The highest BCUT2D eigenvalue weighted by Crippen LogP contribution is 2.38. The van der Waals surface area contributed by atoms with Crippen LogP contribution in [0.25, 0.3) is 0 Å². The SMILES string of the molecule is CC(C)Oc1ccc(C2NC(=S)N(C)C3=C2C(=O)CCC3)cc1Cl. The molecule has 1 unspecified atom stereocenters. The van der Waals surface area contributed by atoms with E-state index in [-0.39, 0.29) is 17.9 Å². The average Bonchev–Trinajstić information content (AvgIpc) is 2.52. The zero-order chi connectivity index (χ0) is 17.4. The molecule has 3 rings (SSSR count). The van der Waals surface area contributed by atoms with E-state index < -0.39 is 0 Å². The average molecular weight is 365 g/mol. The first-order valence-corrected chi connectivity index (χ1v) is 8.93. The zero-order valence-corrected chi connectivity index (χ0v) is 15.6. The van der Waals surface area contributed by atoms with Crippen molar-refractivity contribution in [3.8, 4) is 5.75 Å². The molecule has 1 aliphatic heterocycles. The molecule has 0 spiro atoms. The topological polar surface area (TPSA) is 41.6 Å². The molecule has 4 nitrogen and oxygen atoms in total. The number of ether oxygens (including phenoxy) is 1. The number of thiocarbonyl (C=S) groups is 1. The Morgan fingerprint density at radius 3 is 2.79 bits per heavy atom. The third-order valence-electron chi connectivity index (χ3n) is 4.35. The maximum Gasteiger partial charge on any atom is 0.173 e. The van der Waals surface area contributed by atoms with Crippen LogP contribution in [-0.2, 0) is 4.79 Å². The van der Waals surface area contributed by atoms with Crippen LogP contribution in [0, 0.1) is 0 Å². The number of carbonyl (C=O) groups excluding carboxylic acids is 1.